The molecule has 0 radical (unpaired) electrons. The fourth-order valence-corrected chi connectivity index (χ4v) is 1.89. The summed E-state index contributed by atoms with van der Waals surface area (Å²) in [5, 5.41) is 9.01. The molecule has 0 aromatic heterocycles. The Morgan fingerprint density at radius 3 is 2.69 bits per heavy atom. The third-order valence-electron chi connectivity index (χ3n) is 2.28. The number of hydrogen-bond donors (Lipinski definition) is 1. The van der Waals surface area contributed by atoms with Crippen LogP contribution in [0.2, 0.25) is 0 Å². The summed E-state index contributed by atoms with van der Waals surface area (Å²) in [6, 6.07) is 6.38. The maximum atomic E-state index is 9.01. The molecule has 0 bridgehead atoms. The lowest BCUT2D eigenvalue weighted by molar-refractivity contribution is 0.273. The zero-order chi connectivity index (χ0) is 9.84. The first kappa shape index (κ1) is 10.6. The molecule has 0 heterocycles. The lowest BCUT2D eigenvalue weighted by atomic mass is 10.0. The Balaban J connectivity index is 2.99. The minimum atomic E-state index is 0.219. The van der Waals surface area contributed by atoms with E-state index in [1.165, 1.54) is 16.0 Å². The van der Waals surface area contributed by atoms with Crippen molar-refractivity contribution in [1.82, 2.24) is 0 Å². The maximum absolute atomic E-state index is 9.01. The van der Waals surface area contributed by atoms with Crippen LogP contribution < -0.4 is 0 Å². The number of aryl methyl sites for hydroxylation is 1. The van der Waals surface area contributed by atoms with Gasteiger partial charge in [-0.1, -0.05) is 19.1 Å². The van der Waals surface area contributed by atoms with E-state index < -0.39 is 0 Å². The SMILES string of the molecule is CSc1cc(C(C)CO)ccc1C. The topological polar surface area (TPSA) is 20.2 Å². The average molecular weight is 196 g/mol. The highest BCUT2D eigenvalue weighted by Gasteiger charge is 2.05. The Hall–Kier alpha value is -0.470. The number of thioether (sulfide) groups is 1. The van der Waals surface area contributed by atoms with Gasteiger partial charge in [0.2, 0.25) is 0 Å². The average Bonchev–Trinajstić information content (AvgIpc) is 2.17. The van der Waals surface area contributed by atoms with Crippen LogP contribution in [-0.2, 0) is 0 Å². The molecule has 13 heavy (non-hydrogen) atoms. The number of rotatable bonds is 3. The molecule has 1 aromatic rings. The molecule has 0 aliphatic carbocycles. The predicted octanol–water partition coefficient (Wildman–Crippen LogP) is 2.81. The second-order valence-electron chi connectivity index (χ2n) is 3.31. The van der Waals surface area contributed by atoms with Crippen LogP contribution in [0, 0.1) is 6.92 Å². The number of hydrogen-bond acceptors (Lipinski definition) is 2. The summed E-state index contributed by atoms with van der Waals surface area (Å²) < 4.78 is 0. The lowest BCUT2D eigenvalue weighted by Gasteiger charge is -2.11. The minimum absolute atomic E-state index is 0.219. The first-order chi connectivity index (χ1) is 6.19. The Bertz CT molecular complexity index is 283. The molecule has 0 aliphatic heterocycles. The quantitative estimate of drug-likeness (QED) is 0.750. The molecule has 72 valence electrons. The minimum Gasteiger partial charge on any atom is -0.396 e. The van der Waals surface area contributed by atoms with Crippen molar-refractivity contribution in [2.24, 2.45) is 0 Å². The Labute approximate surface area is 84.2 Å². The van der Waals surface area contributed by atoms with Crippen LogP contribution in [0.15, 0.2) is 23.1 Å². The van der Waals surface area contributed by atoms with E-state index in [-0.39, 0.29) is 12.5 Å². The first-order valence-electron chi connectivity index (χ1n) is 4.44. The van der Waals surface area contributed by atoms with E-state index in [9.17, 15) is 0 Å². The fraction of sp³-hybridized carbons (Fsp3) is 0.455. The summed E-state index contributed by atoms with van der Waals surface area (Å²) in [6.45, 7) is 4.37. The first-order valence-corrected chi connectivity index (χ1v) is 5.67. The van der Waals surface area contributed by atoms with Gasteiger partial charge in [0, 0.05) is 17.4 Å². The maximum Gasteiger partial charge on any atom is 0.0497 e. The summed E-state index contributed by atoms with van der Waals surface area (Å²) >= 11 is 1.76. The van der Waals surface area contributed by atoms with Crippen LogP contribution in [0.5, 0.6) is 0 Å². The van der Waals surface area contributed by atoms with Gasteiger partial charge in [-0.3, -0.25) is 0 Å². The van der Waals surface area contributed by atoms with E-state index in [4.69, 9.17) is 5.11 Å². The van der Waals surface area contributed by atoms with Crippen molar-refractivity contribution in [2.75, 3.05) is 12.9 Å². The van der Waals surface area contributed by atoms with Crippen molar-refractivity contribution in [1.29, 1.82) is 0 Å². The van der Waals surface area contributed by atoms with Gasteiger partial charge in [-0.2, -0.15) is 0 Å². The zero-order valence-corrected chi connectivity index (χ0v) is 9.19. The number of benzene rings is 1. The third-order valence-corrected chi connectivity index (χ3v) is 3.15. The second-order valence-corrected chi connectivity index (χ2v) is 4.16. The smallest absolute Gasteiger partial charge is 0.0497 e. The molecule has 0 saturated heterocycles. The van der Waals surface area contributed by atoms with E-state index in [1.54, 1.807) is 11.8 Å². The van der Waals surface area contributed by atoms with Gasteiger partial charge in [-0.05, 0) is 30.4 Å². The van der Waals surface area contributed by atoms with Crippen LogP contribution in [-0.4, -0.2) is 18.0 Å². The van der Waals surface area contributed by atoms with Crippen LogP contribution in [0.4, 0.5) is 0 Å². The molecule has 1 aromatic carbocycles. The largest absolute Gasteiger partial charge is 0.396 e. The molecular weight excluding hydrogens is 180 g/mol. The zero-order valence-electron chi connectivity index (χ0n) is 8.37. The number of aliphatic hydroxyl groups excluding tert-OH is 1. The Morgan fingerprint density at radius 1 is 1.46 bits per heavy atom. The van der Waals surface area contributed by atoms with Gasteiger partial charge in [0.05, 0.1) is 0 Å². The molecule has 0 saturated carbocycles. The molecule has 1 nitrogen and oxygen atoms in total. The monoisotopic (exact) mass is 196 g/mol. The van der Waals surface area contributed by atoms with Gasteiger partial charge in [0.15, 0.2) is 0 Å². The van der Waals surface area contributed by atoms with Gasteiger partial charge >= 0.3 is 0 Å². The summed E-state index contributed by atoms with van der Waals surface area (Å²) in [7, 11) is 0. The molecule has 0 fully saturated rings. The molecule has 0 aliphatic rings. The number of aliphatic hydroxyl groups is 1. The van der Waals surface area contributed by atoms with Gasteiger partial charge in [0.25, 0.3) is 0 Å². The van der Waals surface area contributed by atoms with Gasteiger partial charge in [0.1, 0.15) is 0 Å². The van der Waals surface area contributed by atoms with Crippen molar-refractivity contribution in [3.05, 3.63) is 29.3 Å². The van der Waals surface area contributed by atoms with Crippen molar-refractivity contribution in [2.45, 2.75) is 24.7 Å². The summed E-state index contributed by atoms with van der Waals surface area (Å²) in [5.74, 6) is 0.242. The van der Waals surface area contributed by atoms with E-state index in [0.29, 0.717) is 0 Å². The molecule has 1 atom stereocenters. The van der Waals surface area contributed by atoms with Crippen molar-refractivity contribution in [3.8, 4) is 0 Å². The fourth-order valence-electron chi connectivity index (χ4n) is 1.25. The van der Waals surface area contributed by atoms with E-state index in [0.717, 1.165) is 0 Å². The third kappa shape index (κ3) is 2.48. The normalized spacial score (nSPS) is 12.9. The van der Waals surface area contributed by atoms with Crippen LogP contribution in [0.1, 0.15) is 24.0 Å². The molecule has 0 spiro atoms. The van der Waals surface area contributed by atoms with E-state index in [2.05, 4.69) is 31.4 Å². The van der Waals surface area contributed by atoms with E-state index >= 15 is 0 Å². The molecule has 0 amide bonds. The lowest BCUT2D eigenvalue weighted by Crippen LogP contribution is -1.99. The summed E-state index contributed by atoms with van der Waals surface area (Å²) in [5.41, 5.74) is 2.53. The van der Waals surface area contributed by atoms with Crippen LogP contribution in [0.25, 0.3) is 0 Å². The highest BCUT2D eigenvalue weighted by atomic mass is 32.2. The molecule has 1 N–H and O–H groups in total. The molecule has 1 rings (SSSR count). The van der Waals surface area contributed by atoms with Crippen molar-refractivity contribution < 1.29 is 5.11 Å². The van der Waals surface area contributed by atoms with Crippen molar-refractivity contribution in [3.63, 3.8) is 0 Å². The predicted molar refractivity (Wildman–Crippen MR) is 58.5 cm³/mol. The van der Waals surface area contributed by atoms with Gasteiger partial charge in [-0.15, -0.1) is 11.8 Å². The second kappa shape index (κ2) is 4.68. The summed E-state index contributed by atoms with van der Waals surface area (Å²) in [6.07, 6.45) is 2.08. The van der Waals surface area contributed by atoms with E-state index in [1.807, 2.05) is 6.92 Å². The Kier molecular flexibility index (Phi) is 3.82. The van der Waals surface area contributed by atoms with Gasteiger partial charge in [-0.25, -0.2) is 0 Å². The summed E-state index contributed by atoms with van der Waals surface area (Å²) in [4.78, 5) is 1.30. The van der Waals surface area contributed by atoms with Crippen molar-refractivity contribution >= 4 is 11.8 Å². The molecular formula is C11H16OS. The molecule has 1 unspecified atom stereocenters. The highest BCUT2D eigenvalue weighted by Crippen LogP contribution is 2.24. The highest BCUT2D eigenvalue weighted by molar-refractivity contribution is 7.98. The van der Waals surface area contributed by atoms with Crippen LogP contribution >= 0.6 is 11.8 Å². The standard InChI is InChI=1S/C11H16OS/c1-8-4-5-10(9(2)7-12)6-11(8)13-3/h4-6,9,12H,7H2,1-3H3. The molecule has 2 heteroatoms. The van der Waals surface area contributed by atoms with Crippen LogP contribution in [0.3, 0.4) is 0 Å². The Morgan fingerprint density at radius 2 is 2.15 bits per heavy atom. The van der Waals surface area contributed by atoms with Gasteiger partial charge < -0.3 is 5.11 Å².